The van der Waals surface area contributed by atoms with Crippen molar-refractivity contribution in [3.05, 3.63) is 0 Å². The summed E-state index contributed by atoms with van der Waals surface area (Å²) in [6.07, 6.45) is 0. The molecule has 2 N–H and O–H groups in total. The zero-order valence-electron chi connectivity index (χ0n) is 7.52. The summed E-state index contributed by atoms with van der Waals surface area (Å²) in [6.45, 7) is 6.75. The molecule has 4 heteroatoms. The average molecular weight is 160 g/mol. The summed E-state index contributed by atoms with van der Waals surface area (Å²) in [7, 11) is 1.40. The highest BCUT2D eigenvalue weighted by Gasteiger charge is 2.10. The summed E-state index contributed by atoms with van der Waals surface area (Å²) in [6, 6.07) is -0.303. The Morgan fingerprint density at radius 2 is 2.00 bits per heavy atom. The van der Waals surface area contributed by atoms with Crippen LogP contribution in [0, 0.1) is 5.41 Å². The largest absolute Gasteiger partial charge is 0.338 e. The van der Waals surface area contributed by atoms with Crippen LogP contribution >= 0.6 is 0 Å². The van der Waals surface area contributed by atoms with Crippen molar-refractivity contribution < 1.29 is 9.63 Å². The van der Waals surface area contributed by atoms with E-state index in [2.05, 4.69) is 15.6 Å². The Kier molecular flexibility index (Phi) is 3.89. The van der Waals surface area contributed by atoms with Crippen LogP contribution in [0.4, 0.5) is 4.79 Å². The third kappa shape index (κ3) is 7.12. The predicted octanol–water partition coefficient (Wildman–Crippen LogP) is 0.893. The van der Waals surface area contributed by atoms with Crippen molar-refractivity contribution in [2.45, 2.75) is 20.8 Å². The van der Waals surface area contributed by atoms with Crippen molar-refractivity contribution in [3.8, 4) is 0 Å². The number of carbonyl (C=O) groups is 1. The SMILES string of the molecule is CONC(=O)NCC(C)(C)C. The van der Waals surface area contributed by atoms with Crippen LogP contribution in [0.1, 0.15) is 20.8 Å². The number of hydroxylamine groups is 1. The second-order valence-corrected chi connectivity index (χ2v) is 3.55. The first-order valence-corrected chi connectivity index (χ1v) is 3.52. The normalized spacial score (nSPS) is 10.9. The smallest absolute Gasteiger partial charge is 0.336 e. The monoisotopic (exact) mass is 160 g/mol. The van der Waals surface area contributed by atoms with Crippen molar-refractivity contribution in [2.75, 3.05) is 13.7 Å². The Labute approximate surface area is 67.3 Å². The second kappa shape index (κ2) is 4.18. The maximum atomic E-state index is 10.7. The summed E-state index contributed by atoms with van der Waals surface area (Å²) in [5, 5.41) is 2.65. The molecule has 0 atom stereocenters. The fraction of sp³-hybridized carbons (Fsp3) is 0.857. The number of nitrogens with one attached hydrogen (secondary N) is 2. The highest BCUT2D eigenvalue weighted by atomic mass is 16.6. The molecule has 0 aromatic rings. The van der Waals surface area contributed by atoms with Crippen LogP contribution in [-0.2, 0) is 4.84 Å². The molecule has 0 aromatic heterocycles. The average Bonchev–Trinajstić information content (AvgIpc) is 1.83. The van der Waals surface area contributed by atoms with Gasteiger partial charge in [0.2, 0.25) is 0 Å². The number of hydrogen-bond donors (Lipinski definition) is 2. The molecule has 66 valence electrons. The maximum Gasteiger partial charge on any atom is 0.338 e. The fourth-order valence-corrected chi connectivity index (χ4v) is 0.474. The minimum absolute atomic E-state index is 0.102. The van der Waals surface area contributed by atoms with E-state index in [9.17, 15) is 4.79 Å². The van der Waals surface area contributed by atoms with Gasteiger partial charge in [-0.1, -0.05) is 20.8 Å². The van der Waals surface area contributed by atoms with Gasteiger partial charge in [-0.15, -0.1) is 0 Å². The van der Waals surface area contributed by atoms with Crippen molar-refractivity contribution >= 4 is 6.03 Å². The lowest BCUT2D eigenvalue weighted by Crippen LogP contribution is -2.39. The van der Waals surface area contributed by atoms with Gasteiger partial charge < -0.3 is 5.32 Å². The molecule has 0 saturated carbocycles. The van der Waals surface area contributed by atoms with Gasteiger partial charge in [-0.3, -0.25) is 4.84 Å². The molecular weight excluding hydrogens is 144 g/mol. The topological polar surface area (TPSA) is 50.4 Å². The zero-order valence-corrected chi connectivity index (χ0v) is 7.52. The first-order valence-electron chi connectivity index (χ1n) is 3.52. The Morgan fingerprint density at radius 1 is 1.45 bits per heavy atom. The zero-order chi connectivity index (χ0) is 8.91. The molecule has 0 unspecified atom stereocenters. The molecule has 0 saturated heterocycles. The van der Waals surface area contributed by atoms with Crippen LogP contribution in [0.25, 0.3) is 0 Å². The summed E-state index contributed by atoms with van der Waals surface area (Å²) in [4.78, 5) is 15.1. The van der Waals surface area contributed by atoms with Crippen LogP contribution in [-0.4, -0.2) is 19.7 Å². The van der Waals surface area contributed by atoms with E-state index in [1.165, 1.54) is 7.11 Å². The van der Waals surface area contributed by atoms with Gasteiger partial charge in [0.15, 0.2) is 0 Å². The molecule has 0 fully saturated rings. The number of rotatable bonds is 2. The van der Waals surface area contributed by atoms with E-state index in [0.29, 0.717) is 6.54 Å². The molecule has 2 amide bonds. The molecule has 4 nitrogen and oxygen atoms in total. The van der Waals surface area contributed by atoms with Crippen molar-refractivity contribution in [1.29, 1.82) is 0 Å². The van der Waals surface area contributed by atoms with Gasteiger partial charge >= 0.3 is 6.03 Å². The van der Waals surface area contributed by atoms with E-state index in [0.717, 1.165) is 0 Å². The third-order valence-electron chi connectivity index (χ3n) is 0.974. The molecule has 0 aliphatic rings. The highest BCUT2D eigenvalue weighted by molar-refractivity contribution is 5.72. The highest BCUT2D eigenvalue weighted by Crippen LogP contribution is 2.09. The quantitative estimate of drug-likeness (QED) is 0.589. The Balaban J connectivity index is 3.46. The molecule has 0 heterocycles. The predicted molar refractivity (Wildman–Crippen MR) is 43.0 cm³/mol. The second-order valence-electron chi connectivity index (χ2n) is 3.55. The van der Waals surface area contributed by atoms with Gasteiger partial charge in [-0.25, -0.2) is 10.3 Å². The Hall–Kier alpha value is -0.770. The number of carbonyl (C=O) groups excluding carboxylic acids is 1. The van der Waals surface area contributed by atoms with Gasteiger partial charge in [0, 0.05) is 6.54 Å². The van der Waals surface area contributed by atoms with Crippen LogP contribution in [0.5, 0.6) is 0 Å². The lowest BCUT2D eigenvalue weighted by atomic mass is 9.97. The van der Waals surface area contributed by atoms with Gasteiger partial charge in [0.05, 0.1) is 7.11 Å². The van der Waals surface area contributed by atoms with E-state index in [1.54, 1.807) is 0 Å². The van der Waals surface area contributed by atoms with E-state index >= 15 is 0 Å². The van der Waals surface area contributed by atoms with Crippen LogP contribution < -0.4 is 10.8 Å². The molecule has 0 bridgehead atoms. The summed E-state index contributed by atoms with van der Waals surface area (Å²) in [5.74, 6) is 0. The van der Waals surface area contributed by atoms with E-state index < -0.39 is 0 Å². The fourth-order valence-electron chi connectivity index (χ4n) is 0.474. The van der Waals surface area contributed by atoms with E-state index in [4.69, 9.17) is 0 Å². The maximum absolute atomic E-state index is 10.7. The van der Waals surface area contributed by atoms with Crippen molar-refractivity contribution in [1.82, 2.24) is 10.8 Å². The lowest BCUT2D eigenvalue weighted by Gasteiger charge is -2.18. The van der Waals surface area contributed by atoms with Gasteiger partial charge in [-0.2, -0.15) is 0 Å². The van der Waals surface area contributed by atoms with Crippen LogP contribution in [0.3, 0.4) is 0 Å². The standard InChI is InChI=1S/C7H16N2O2/c1-7(2,3)5-8-6(10)9-11-4/h5H2,1-4H3,(H2,8,9,10). The molecule has 0 aromatic carbocycles. The van der Waals surface area contributed by atoms with Crippen molar-refractivity contribution in [3.63, 3.8) is 0 Å². The Morgan fingerprint density at radius 3 is 2.36 bits per heavy atom. The molecule has 0 spiro atoms. The van der Waals surface area contributed by atoms with Crippen LogP contribution in [0.15, 0.2) is 0 Å². The molecule has 0 rings (SSSR count). The number of hydrogen-bond acceptors (Lipinski definition) is 2. The van der Waals surface area contributed by atoms with E-state index in [-0.39, 0.29) is 11.4 Å². The molecule has 0 aliphatic carbocycles. The Bertz CT molecular complexity index is 129. The molecular formula is C7H16N2O2. The van der Waals surface area contributed by atoms with Gasteiger partial charge in [0.1, 0.15) is 0 Å². The van der Waals surface area contributed by atoms with E-state index in [1.807, 2.05) is 20.8 Å². The van der Waals surface area contributed by atoms with Gasteiger partial charge in [0.25, 0.3) is 0 Å². The summed E-state index contributed by atoms with van der Waals surface area (Å²) in [5.41, 5.74) is 2.27. The number of amides is 2. The van der Waals surface area contributed by atoms with Crippen molar-refractivity contribution in [2.24, 2.45) is 5.41 Å². The minimum atomic E-state index is -0.303. The summed E-state index contributed by atoms with van der Waals surface area (Å²) < 4.78 is 0. The number of urea groups is 1. The van der Waals surface area contributed by atoms with Crippen LogP contribution in [0.2, 0.25) is 0 Å². The first-order chi connectivity index (χ1) is 4.95. The van der Waals surface area contributed by atoms with Gasteiger partial charge in [-0.05, 0) is 5.41 Å². The summed E-state index contributed by atoms with van der Waals surface area (Å²) >= 11 is 0. The molecule has 11 heavy (non-hydrogen) atoms. The minimum Gasteiger partial charge on any atom is -0.336 e. The third-order valence-corrected chi connectivity index (χ3v) is 0.974. The molecule has 0 radical (unpaired) electrons. The molecule has 0 aliphatic heterocycles. The first kappa shape index (κ1) is 10.2. The lowest BCUT2D eigenvalue weighted by molar-refractivity contribution is 0.106.